The summed E-state index contributed by atoms with van der Waals surface area (Å²) in [5.41, 5.74) is 4.14. The molecule has 8 nitrogen and oxygen atoms in total. The Bertz CT molecular complexity index is 1290. The summed E-state index contributed by atoms with van der Waals surface area (Å²) in [5, 5.41) is 10.8. The summed E-state index contributed by atoms with van der Waals surface area (Å²) in [6.07, 6.45) is 9.07. The minimum absolute atomic E-state index is 0.103. The van der Waals surface area contributed by atoms with Crippen LogP contribution >= 0.6 is 0 Å². The van der Waals surface area contributed by atoms with E-state index in [1.165, 1.54) is 0 Å². The molecule has 0 radical (unpaired) electrons. The van der Waals surface area contributed by atoms with Crippen LogP contribution in [0.1, 0.15) is 30.4 Å². The molecule has 3 aromatic rings. The fourth-order valence-corrected chi connectivity index (χ4v) is 5.21. The van der Waals surface area contributed by atoms with Crippen molar-refractivity contribution in [1.29, 1.82) is 0 Å². The van der Waals surface area contributed by atoms with Gasteiger partial charge in [-0.1, -0.05) is 0 Å². The lowest BCUT2D eigenvalue weighted by Crippen LogP contribution is -2.46. The van der Waals surface area contributed by atoms with E-state index in [1.54, 1.807) is 0 Å². The van der Waals surface area contributed by atoms with Gasteiger partial charge in [0.25, 0.3) is 5.91 Å². The topological polar surface area (TPSA) is 91.4 Å². The fourth-order valence-electron chi connectivity index (χ4n) is 5.21. The zero-order chi connectivity index (χ0) is 23.8. The average molecular weight is 473 g/mol. The van der Waals surface area contributed by atoms with Crippen molar-refractivity contribution in [3.63, 3.8) is 0 Å². The number of furan rings is 1. The molecule has 180 valence electrons. The van der Waals surface area contributed by atoms with Crippen LogP contribution in [-0.2, 0) is 11.3 Å². The molecule has 0 spiro atoms. The lowest BCUT2D eigenvalue weighted by Gasteiger charge is -2.36. The number of benzene rings is 1. The van der Waals surface area contributed by atoms with Crippen LogP contribution in [0, 0.1) is 0 Å². The molecule has 2 fully saturated rings. The lowest BCUT2D eigenvalue weighted by molar-refractivity contribution is -0.137. The zero-order valence-corrected chi connectivity index (χ0v) is 19.5. The van der Waals surface area contributed by atoms with Gasteiger partial charge in [-0.05, 0) is 54.7 Å². The number of pyridine rings is 1. The van der Waals surface area contributed by atoms with Crippen molar-refractivity contribution < 1.29 is 19.1 Å². The number of rotatable bonds is 6. The normalized spacial score (nSPS) is 21.3. The van der Waals surface area contributed by atoms with Crippen LogP contribution in [0.5, 0.6) is 11.6 Å². The number of amides is 1. The van der Waals surface area contributed by atoms with Gasteiger partial charge in [-0.2, -0.15) is 0 Å². The summed E-state index contributed by atoms with van der Waals surface area (Å²) in [5.74, 6) is 1.11. The van der Waals surface area contributed by atoms with Crippen molar-refractivity contribution in [2.24, 2.45) is 4.99 Å². The van der Waals surface area contributed by atoms with Gasteiger partial charge in [0.1, 0.15) is 17.4 Å². The van der Waals surface area contributed by atoms with E-state index in [4.69, 9.17) is 9.15 Å². The number of hydrogen-bond acceptors (Lipinski definition) is 7. The number of aliphatic imine (C=N–C) groups is 1. The number of carbonyl (C=O) groups excluding carboxylic acids is 1. The SMILES string of the molecule is O=C1[C@@H](O)CCN1C1CCN(Cc2coc3cc(Oc4ccc(C5=CC=NC5)cn4)ccc23)CC1. The number of hydrogen-bond donors (Lipinski definition) is 1. The third-order valence-corrected chi connectivity index (χ3v) is 7.20. The van der Waals surface area contributed by atoms with Crippen LogP contribution in [0.2, 0.25) is 0 Å². The van der Waals surface area contributed by atoms with Gasteiger partial charge in [-0.15, -0.1) is 0 Å². The Hall–Kier alpha value is -3.49. The maximum atomic E-state index is 12.1. The van der Waals surface area contributed by atoms with Gasteiger partial charge >= 0.3 is 0 Å². The number of aliphatic hydroxyl groups excluding tert-OH is 1. The molecule has 35 heavy (non-hydrogen) atoms. The molecule has 1 aromatic carbocycles. The molecular formula is C27H28N4O4. The molecule has 1 amide bonds. The standard InChI is InChI=1S/C27H28N4O4/c32-24-8-12-31(27(24)33)21-6-10-30(11-7-21)16-20-17-34-25-13-22(2-3-23(20)25)35-26-4-1-18(15-29-26)19-5-9-28-14-19/h1-5,9,13,15,17,21,24,32H,6-8,10-12,14,16H2/t24-/m0/s1. The number of ether oxygens (including phenoxy) is 1. The van der Waals surface area contributed by atoms with Gasteiger partial charge in [0, 0.05) is 67.7 Å². The second kappa shape index (κ2) is 9.28. The first-order chi connectivity index (χ1) is 17.1. The number of likely N-dealkylation sites (tertiary alicyclic amines) is 2. The van der Waals surface area contributed by atoms with Gasteiger partial charge in [0.2, 0.25) is 5.88 Å². The van der Waals surface area contributed by atoms with Crippen molar-refractivity contribution in [3.05, 3.63) is 60.0 Å². The summed E-state index contributed by atoms with van der Waals surface area (Å²) in [6.45, 7) is 4.01. The Kier molecular flexibility index (Phi) is 5.83. The number of piperidine rings is 1. The molecule has 2 aromatic heterocycles. The molecule has 5 heterocycles. The van der Waals surface area contributed by atoms with Crippen molar-refractivity contribution in [2.75, 3.05) is 26.2 Å². The van der Waals surface area contributed by atoms with E-state index in [-0.39, 0.29) is 11.9 Å². The highest BCUT2D eigenvalue weighted by Gasteiger charge is 2.36. The van der Waals surface area contributed by atoms with E-state index in [9.17, 15) is 9.90 Å². The average Bonchev–Trinajstić information content (AvgIpc) is 3.63. The number of nitrogens with zero attached hydrogens (tertiary/aromatic N) is 4. The molecule has 0 saturated carbocycles. The molecule has 8 heteroatoms. The Morgan fingerprint density at radius 3 is 2.71 bits per heavy atom. The number of allylic oxidation sites excluding steroid dienone is 1. The largest absolute Gasteiger partial charge is 0.464 e. The second-order valence-corrected chi connectivity index (χ2v) is 9.43. The highest BCUT2D eigenvalue weighted by Crippen LogP contribution is 2.30. The van der Waals surface area contributed by atoms with Crippen molar-refractivity contribution in [1.82, 2.24) is 14.8 Å². The molecule has 0 bridgehead atoms. The van der Waals surface area contributed by atoms with Crippen molar-refractivity contribution in [3.8, 4) is 11.6 Å². The summed E-state index contributed by atoms with van der Waals surface area (Å²) >= 11 is 0. The molecule has 0 aliphatic carbocycles. The maximum Gasteiger partial charge on any atom is 0.251 e. The number of fused-ring (bicyclic) bond motifs is 1. The Morgan fingerprint density at radius 1 is 1.11 bits per heavy atom. The van der Waals surface area contributed by atoms with Crippen LogP contribution in [0.15, 0.2) is 58.3 Å². The Morgan fingerprint density at radius 2 is 2.00 bits per heavy atom. The Balaban J connectivity index is 1.07. The molecule has 3 aliphatic rings. The van der Waals surface area contributed by atoms with Gasteiger partial charge < -0.3 is 19.2 Å². The van der Waals surface area contributed by atoms with Crippen LogP contribution in [-0.4, -0.2) is 70.3 Å². The molecule has 0 unspecified atom stereocenters. The van der Waals surface area contributed by atoms with Gasteiger partial charge in [-0.25, -0.2) is 4.98 Å². The Labute approximate surface area is 203 Å². The first-order valence-corrected chi connectivity index (χ1v) is 12.2. The number of carbonyl (C=O) groups is 1. The lowest BCUT2D eigenvalue weighted by atomic mass is 10.0. The van der Waals surface area contributed by atoms with Crippen LogP contribution in [0.25, 0.3) is 16.5 Å². The van der Waals surface area contributed by atoms with Crippen LogP contribution in [0.3, 0.4) is 0 Å². The maximum absolute atomic E-state index is 12.1. The number of aromatic nitrogens is 1. The summed E-state index contributed by atoms with van der Waals surface area (Å²) in [7, 11) is 0. The van der Waals surface area contributed by atoms with Crippen LogP contribution < -0.4 is 4.74 Å². The first-order valence-electron chi connectivity index (χ1n) is 12.2. The molecule has 2 saturated heterocycles. The fraction of sp³-hybridized carbons (Fsp3) is 0.370. The monoisotopic (exact) mass is 472 g/mol. The van der Waals surface area contributed by atoms with Gasteiger partial charge in [-0.3, -0.25) is 14.7 Å². The molecule has 6 rings (SSSR count). The minimum Gasteiger partial charge on any atom is -0.464 e. The molecular weight excluding hydrogens is 444 g/mol. The summed E-state index contributed by atoms with van der Waals surface area (Å²) in [6, 6.07) is 9.99. The van der Waals surface area contributed by atoms with E-state index in [2.05, 4.69) is 14.9 Å². The second-order valence-electron chi connectivity index (χ2n) is 9.43. The third-order valence-electron chi connectivity index (χ3n) is 7.20. The quantitative estimate of drug-likeness (QED) is 0.589. The highest BCUT2D eigenvalue weighted by atomic mass is 16.5. The predicted molar refractivity (Wildman–Crippen MR) is 132 cm³/mol. The molecule has 1 N–H and O–H groups in total. The highest BCUT2D eigenvalue weighted by molar-refractivity contribution is 5.89. The van der Waals surface area contributed by atoms with Crippen molar-refractivity contribution >= 4 is 28.7 Å². The minimum atomic E-state index is -0.806. The third kappa shape index (κ3) is 4.47. The molecule has 3 aliphatic heterocycles. The van der Waals surface area contributed by atoms with Crippen LogP contribution in [0.4, 0.5) is 0 Å². The van der Waals surface area contributed by atoms with E-state index in [1.807, 2.05) is 60.0 Å². The van der Waals surface area contributed by atoms with Gasteiger partial charge in [0.15, 0.2) is 0 Å². The summed E-state index contributed by atoms with van der Waals surface area (Å²) < 4.78 is 11.8. The smallest absolute Gasteiger partial charge is 0.251 e. The molecule has 1 atom stereocenters. The van der Waals surface area contributed by atoms with Gasteiger partial charge in [0.05, 0.1) is 12.8 Å². The zero-order valence-electron chi connectivity index (χ0n) is 19.5. The number of aliphatic hydroxyl groups is 1. The summed E-state index contributed by atoms with van der Waals surface area (Å²) in [4.78, 5) is 25.0. The first kappa shape index (κ1) is 22.0. The van der Waals surface area contributed by atoms with E-state index < -0.39 is 6.10 Å². The van der Waals surface area contributed by atoms with E-state index >= 15 is 0 Å². The van der Waals surface area contributed by atoms with E-state index in [0.29, 0.717) is 31.1 Å². The van der Waals surface area contributed by atoms with E-state index in [0.717, 1.165) is 60.1 Å². The van der Waals surface area contributed by atoms with Crippen molar-refractivity contribution in [2.45, 2.75) is 38.0 Å². The predicted octanol–water partition coefficient (Wildman–Crippen LogP) is 3.65.